The lowest BCUT2D eigenvalue weighted by atomic mass is 10.1. The van der Waals surface area contributed by atoms with Crippen LogP contribution in [0.1, 0.15) is 5.56 Å². The van der Waals surface area contributed by atoms with E-state index in [0.717, 1.165) is 0 Å². The van der Waals surface area contributed by atoms with E-state index in [-0.39, 0.29) is 16.1 Å². The molecular weight excluding hydrogens is 302 g/mol. The summed E-state index contributed by atoms with van der Waals surface area (Å²) in [7, 11) is 0. The number of hydrogen-bond donors (Lipinski definition) is 1. The molecule has 0 unspecified atom stereocenters. The second-order valence-corrected chi connectivity index (χ2v) is 5.33. The van der Waals surface area contributed by atoms with E-state index in [2.05, 4.69) is 5.32 Å². The van der Waals surface area contributed by atoms with Crippen molar-refractivity contribution in [1.29, 1.82) is 0 Å². The number of hydrogen-bond acceptors (Lipinski definition) is 2. The van der Waals surface area contributed by atoms with E-state index in [0.29, 0.717) is 11.8 Å². The SMILES string of the molecule is FC(F)Sc1ccccc1NCC(F)(F)c1ccccc1. The highest BCUT2D eigenvalue weighted by Gasteiger charge is 2.31. The van der Waals surface area contributed by atoms with Gasteiger partial charge in [-0.25, -0.2) is 0 Å². The molecule has 1 nitrogen and oxygen atoms in total. The number of anilines is 1. The van der Waals surface area contributed by atoms with Crippen molar-refractivity contribution in [2.24, 2.45) is 0 Å². The van der Waals surface area contributed by atoms with Crippen LogP contribution in [-0.2, 0) is 5.92 Å². The van der Waals surface area contributed by atoms with Gasteiger partial charge in [-0.05, 0) is 12.1 Å². The van der Waals surface area contributed by atoms with Crippen molar-refractivity contribution in [3.63, 3.8) is 0 Å². The average molecular weight is 315 g/mol. The first-order valence-electron chi connectivity index (χ1n) is 6.20. The van der Waals surface area contributed by atoms with E-state index in [1.165, 1.54) is 36.4 Å². The normalized spacial score (nSPS) is 11.7. The first kappa shape index (κ1) is 15.7. The Bertz CT molecular complexity index is 575. The third kappa shape index (κ3) is 4.39. The van der Waals surface area contributed by atoms with Crippen LogP contribution in [0.2, 0.25) is 0 Å². The standard InChI is InChI=1S/C15H13F4NS/c16-14(17)21-13-9-5-4-8-12(13)20-10-15(18,19)11-6-2-1-3-7-11/h1-9,14,20H,10H2. The Labute approximate surface area is 124 Å². The van der Waals surface area contributed by atoms with Crippen LogP contribution in [-0.4, -0.2) is 12.3 Å². The number of rotatable bonds is 6. The Hall–Kier alpha value is -1.69. The van der Waals surface area contributed by atoms with Gasteiger partial charge in [-0.1, -0.05) is 54.2 Å². The van der Waals surface area contributed by atoms with Gasteiger partial charge in [-0.3, -0.25) is 0 Å². The maximum Gasteiger partial charge on any atom is 0.290 e. The highest BCUT2D eigenvalue weighted by molar-refractivity contribution is 7.99. The largest absolute Gasteiger partial charge is 0.378 e. The van der Waals surface area contributed by atoms with E-state index in [1.54, 1.807) is 18.2 Å². The van der Waals surface area contributed by atoms with Crippen molar-refractivity contribution in [1.82, 2.24) is 0 Å². The molecule has 0 aliphatic rings. The molecule has 0 amide bonds. The van der Waals surface area contributed by atoms with Crippen LogP contribution >= 0.6 is 11.8 Å². The molecule has 21 heavy (non-hydrogen) atoms. The molecule has 0 bridgehead atoms. The fourth-order valence-electron chi connectivity index (χ4n) is 1.80. The van der Waals surface area contributed by atoms with Gasteiger partial charge in [0.2, 0.25) is 0 Å². The Morgan fingerprint density at radius 3 is 2.24 bits per heavy atom. The van der Waals surface area contributed by atoms with Crippen molar-refractivity contribution < 1.29 is 17.6 Å². The molecule has 2 aromatic rings. The summed E-state index contributed by atoms with van der Waals surface area (Å²) in [6, 6.07) is 13.6. The van der Waals surface area contributed by atoms with Gasteiger partial charge in [-0.15, -0.1) is 0 Å². The van der Waals surface area contributed by atoms with E-state index >= 15 is 0 Å². The molecular formula is C15H13F4NS. The van der Waals surface area contributed by atoms with Gasteiger partial charge in [0.15, 0.2) is 0 Å². The molecule has 0 aliphatic heterocycles. The lowest BCUT2D eigenvalue weighted by Gasteiger charge is -2.19. The number of halogens is 4. The molecule has 0 fully saturated rings. The first-order valence-corrected chi connectivity index (χ1v) is 7.08. The quantitative estimate of drug-likeness (QED) is 0.580. The molecule has 0 spiro atoms. The summed E-state index contributed by atoms with van der Waals surface area (Å²) in [5, 5.41) is 2.55. The summed E-state index contributed by atoms with van der Waals surface area (Å²) >= 11 is 0.331. The zero-order valence-corrected chi connectivity index (χ0v) is 11.7. The third-order valence-electron chi connectivity index (χ3n) is 2.80. The van der Waals surface area contributed by atoms with E-state index in [9.17, 15) is 17.6 Å². The van der Waals surface area contributed by atoms with Crippen molar-refractivity contribution in [3.8, 4) is 0 Å². The molecule has 1 N–H and O–H groups in total. The molecule has 0 atom stereocenters. The van der Waals surface area contributed by atoms with Crippen molar-refractivity contribution in [3.05, 3.63) is 60.2 Å². The van der Waals surface area contributed by atoms with Gasteiger partial charge in [0.1, 0.15) is 0 Å². The van der Waals surface area contributed by atoms with Gasteiger partial charge in [0.25, 0.3) is 11.7 Å². The topological polar surface area (TPSA) is 12.0 Å². The molecule has 0 heterocycles. The number of para-hydroxylation sites is 1. The van der Waals surface area contributed by atoms with Gasteiger partial charge in [0.05, 0.1) is 6.54 Å². The minimum Gasteiger partial charge on any atom is -0.378 e. The summed E-state index contributed by atoms with van der Waals surface area (Å²) in [5.74, 6) is -5.67. The average Bonchev–Trinajstić information content (AvgIpc) is 2.47. The number of benzene rings is 2. The fraction of sp³-hybridized carbons (Fsp3) is 0.200. The van der Waals surface area contributed by atoms with Crippen molar-refractivity contribution in [2.45, 2.75) is 16.6 Å². The van der Waals surface area contributed by atoms with Crippen LogP contribution in [0, 0.1) is 0 Å². The van der Waals surface area contributed by atoms with Crippen molar-refractivity contribution >= 4 is 17.4 Å². The summed E-state index contributed by atoms with van der Waals surface area (Å²) in [6.07, 6.45) is 0. The highest BCUT2D eigenvalue weighted by Crippen LogP contribution is 2.33. The number of alkyl halides is 4. The Morgan fingerprint density at radius 2 is 1.57 bits per heavy atom. The van der Waals surface area contributed by atoms with Crippen LogP contribution in [0.4, 0.5) is 23.2 Å². The monoisotopic (exact) mass is 315 g/mol. The maximum atomic E-state index is 14.0. The Balaban J connectivity index is 2.09. The predicted molar refractivity (Wildman–Crippen MR) is 77.1 cm³/mol. The van der Waals surface area contributed by atoms with Gasteiger partial charge in [-0.2, -0.15) is 17.6 Å². The van der Waals surface area contributed by atoms with Gasteiger partial charge in [0, 0.05) is 16.1 Å². The molecule has 0 saturated carbocycles. The highest BCUT2D eigenvalue weighted by atomic mass is 32.2. The summed E-state index contributed by atoms with van der Waals surface area (Å²) in [5.41, 5.74) is 0.162. The van der Waals surface area contributed by atoms with Gasteiger partial charge >= 0.3 is 0 Å². The lowest BCUT2D eigenvalue weighted by molar-refractivity contribution is 0.0106. The second-order valence-electron chi connectivity index (χ2n) is 4.30. The molecule has 0 aromatic heterocycles. The summed E-state index contributed by atoms with van der Waals surface area (Å²) < 4.78 is 52.9. The minimum absolute atomic E-state index is 0.114. The first-order chi connectivity index (χ1) is 9.99. The Kier molecular flexibility index (Phi) is 5.12. The second kappa shape index (κ2) is 6.85. The predicted octanol–water partition coefficient (Wildman–Crippen LogP) is 5.21. The lowest BCUT2D eigenvalue weighted by Crippen LogP contribution is -2.24. The van der Waals surface area contributed by atoms with Crippen LogP contribution in [0.25, 0.3) is 0 Å². The molecule has 112 valence electrons. The third-order valence-corrected chi connectivity index (χ3v) is 3.59. The number of thioether (sulfide) groups is 1. The molecule has 6 heteroatoms. The van der Waals surface area contributed by atoms with Crippen LogP contribution in [0.5, 0.6) is 0 Å². The Morgan fingerprint density at radius 1 is 0.952 bits per heavy atom. The van der Waals surface area contributed by atoms with Crippen LogP contribution in [0.3, 0.4) is 0 Å². The maximum absolute atomic E-state index is 14.0. The molecule has 0 aliphatic carbocycles. The van der Waals surface area contributed by atoms with Crippen LogP contribution < -0.4 is 5.32 Å². The van der Waals surface area contributed by atoms with E-state index in [1.807, 2.05) is 0 Å². The molecule has 2 rings (SSSR count). The minimum atomic E-state index is -3.08. The van der Waals surface area contributed by atoms with E-state index in [4.69, 9.17) is 0 Å². The molecule has 0 saturated heterocycles. The molecule has 2 aromatic carbocycles. The zero-order valence-electron chi connectivity index (χ0n) is 10.9. The number of nitrogens with one attached hydrogen (secondary N) is 1. The molecule has 0 radical (unpaired) electrons. The smallest absolute Gasteiger partial charge is 0.290 e. The van der Waals surface area contributed by atoms with Crippen molar-refractivity contribution in [2.75, 3.05) is 11.9 Å². The van der Waals surface area contributed by atoms with Gasteiger partial charge < -0.3 is 5.32 Å². The summed E-state index contributed by atoms with van der Waals surface area (Å²) in [4.78, 5) is 0.247. The van der Waals surface area contributed by atoms with E-state index < -0.39 is 18.2 Å². The zero-order chi connectivity index (χ0) is 15.3. The van der Waals surface area contributed by atoms with Crippen LogP contribution in [0.15, 0.2) is 59.5 Å². The fourth-order valence-corrected chi connectivity index (χ4v) is 2.42. The summed E-state index contributed by atoms with van der Waals surface area (Å²) in [6.45, 7) is -0.655.